The van der Waals surface area contributed by atoms with Crippen LogP contribution in [-0.4, -0.2) is 20.6 Å². The molecule has 7 heteroatoms. The maximum absolute atomic E-state index is 14.0. The number of rotatable bonds is 7. The Morgan fingerprint density at radius 3 is 2.20 bits per heavy atom. The lowest BCUT2D eigenvalue weighted by atomic mass is 10.1. The molecule has 0 bridgehead atoms. The molecule has 3 aromatic carbocycles. The molecule has 0 atom stereocenters. The fourth-order valence-corrected chi connectivity index (χ4v) is 3.83. The van der Waals surface area contributed by atoms with Gasteiger partial charge < -0.3 is 5.32 Å². The van der Waals surface area contributed by atoms with Gasteiger partial charge >= 0.3 is 0 Å². The molecule has 0 fully saturated rings. The van der Waals surface area contributed by atoms with E-state index in [2.05, 4.69) is 5.32 Å². The second-order valence-electron chi connectivity index (χ2n) is 7.08. The minimum Gasteiger partial charge on any atom is -0.348 e. The van der Waals surface area contributed by atoms with Crippen LogP contribution in [0, 0.1) is 12.7 Å². The van der Waals surface area contributed by atoms with E-state index in [1.54, 1.807) is 42.5 Å². The average molecular weight is 427 g/mol. The van der Waals surface area contributed by atoms with Gasteiger partial charge in [0.2, 0.25) is 10.0 Å². The Balaban J connectivity index is 1.73. The molecule has 0 saturated heterocycles. The summed E-state index contributed by atoms with van der Waals surface area (Å²) in [6.45, 7) is 2.25. The van der Waals surface area contributed by atoms with Gasteiger partial charge in [0.15, 0.2) is 0 Å². The number of carbonyl (C=O) groups excluding carboxylic acids is 1. The molecule has 0 aliphatic heterocycles. The van der Waals surface area contributed by atoms with Gasteiger partial charge in [-0.1, -0.05) is 48.0 Å². The Morgan fingerprint density at radius 1 is 0.967 bits per heavy atom. The summed E-state index contributed by atoms with van der Waals surface area (Å²) in [6.07, 6.45) is 1.07. The van der Waals surface area contributed by atoms with Crippen molar-refractivity contribution in [2.24, 2.45) is 0 Å². The third kappa shape index (κ3) is 5.45. The lowest BCUT2D eigenvalue weighted by molar-refractivity contribution is 0.0951. The summed E-state index contributed by atoms with van der Waals surface area (Å²) in [7, 11) is -3.65. The summed E-state index contributed by atoms with van der Waals surface area (Å²) >= 11 is 0. The lowest BCUT2D eigenvalue weighted by Crippen LogP contribution is -2.30. The lowest BCUT2D eigenvalue weighted by Gasteiger charge is -2.23. The predicted octanol–water partition coefficient (Wildman–Crippen LogP) is 4.03. The van der Waals surface area contributed by atoms with Gasteiger partial charge in [0.1, 0.15) is 5.82 Å². The normalized spacial score (nSPS) is 11.2. The van der Waals surface area contributed by atoms with Crippen LogP contribution in [0.15, 0.2) is 72.8 Å². The molecule has 1 amide bonds. The van der Waals surface area contributed by atoms with Gasteiger partial charge in [0.25, 0.3) is 5.91 Å². The fraction of sp³-hybridized carbons (Fsp3) is 0.174. The molecule has 30 heavy (non-hydrogen) atoms. The minimum atomic E-state index is -3.65. The number of carbonyl (C=O) groups is 1. The van der Waals surface area contributed by atoms with Gasteiger partial charge in [-0.25, -0.2) is 12.8 Å². The van der Waals surface area contributed by atoms with E-state index in [1.807, 2.05) is 31.2 Å². The van der Waals surface area contributed by atoms with Crippen molar-refractivity contribution in [3.05, 3.63) is 101 Å². The van der Waals surface area contributed by atoms with Gasteiger partial charge in [-0.05, 0) is 42.8 Å². The van der Waals surface area contributed by atoms with Crippen molar-refractivity contribution in [2.75, 3.05) is 10.6 Å². The first kappa shape index (κ1) is 21.5. The quantitative estimate of drug-likeness (QED) is 0.620. The molecule has 0 saturated carbocycles. The van der Waals surface area contributed by atoms with Crippen molar-refractivity contribution in [1.29, 1.82) is 0 Å². The zero-order valence-corrected chi connectivity index (χ0v) is 17.6. The van der Waals surface area contributed by atoms with Gasteiger partial charge in [-0.15, -0.1) is 0 Å². The SMILES string of the molecule is Cc1ccc(CNC(=O)c2ccc(N(Cc3ccccc3F)S(C)(=O)=O)cc2)cc1. The molecule has 0 aliphatic carbocycles. The first-order valence-electron chi connectivity index (χ1n) is 9.39. The molecule has 0 aromatic heterocycles. The molecular weight excluding hydrogens is 403 g/mol. The Morgan fingerprint density at radius 2 is 1.60 bits per heavy atom. The van der Waals surface area contributed by atoms with E-state index in [9.17, 15) is 17.6 Å². The van der Waals surface area contributed by atoms with E-state index in [1.165, 1.54) is 6.07 Å². The third-order valence-corrected chi connectivity index (χ3v) is 5.80. The van der Waals surface area contributed by atoms with Crippen molar-refractivity contribution in [1.82, 2.24) is 5.32 Å². The van der Waals surface area contributed by atoms with E-state index in [0.717, 1.165) is 21.7 Å². The summed E-state index contributed by atoms with van der Waals surface area (Å²) in [4.78, 5) is 12.4. The van der Waals surface area contributed by atoms with Crippen molar-refractivity contribution >= 4 is 21.6 Å². The van der Waals surface area contributed by atoms with Crippen LogP contribution in [0.2, 0.25) is 0 Å². The van der Waals surface area contributed by atoms with Crippen molar-refractivity contribution < 1.29 is 17.6 Å². The van der Waals surface area contributed by atoms with E-state index in [0.29, 0.717) is 17.8 Å². The van der Waals surface area contributed by atoms with E-state index >= 15 is 0 Å². The Labute approximate surface area is 176 Å². The number of anilines is 1. The van der Waals surface area contributed by atoms with Crippen LogP contribution in [0.5, 0.6) is 0 Å². The number of nitrogens with zero attached hydrogens (tertiary/aromatic N) is 1. The molecular formula is C23H23FN2O3S. The zero-order chi connectivity index (χ0) is 21.7. The first-order valence-corrected chi connectivity index (χ1v) is 11.2. The van der Waals surface area contributed by atoms with Crippen LogP contribution in [0.3, 0.4) is 0 Å². The summed E-state index contributed by atoms with van der Waals surface area (Å²) < 4.78 is 39.7. The van der Waals surface area contributed by atoms with Gasteiger partial charge in [-0.3, -0.25) is 9.10 Å². The molecule has 1 N–H and O–H groups in total. The number of sulfonamides is 1. The molecule has 0 aliphatic rings. The Bertz CT molecular complexity index is 1130. The monoisotopic (exact) mass is 426 g/mol. The molecule has 0 unspecified atom stereocenters. The number of amides is 1. The van der Waals surface area contributed by atoms with Crippen LogP contribution in [0.25, 0.3) is 0 Å². The molecule has 3 rings (SSSR count). The summed E-state index contributed by atoms with van der Waals surface area (Å²) in [5.41, 5.74) is 3.16. The molecule has 0 heterocycles. The number of nitrogens with one attached hydrogen (secondary N) is 1. The smallest absolute Gasteiger partial charge is 0.251 e. The fourth-order valence-electron chi connectivity index (χ4n) is 2.95. The second kappa shape index (κ2) is 9.09. The second-order valence-corrected chi connectivity index (χ2v) is 8.98. The zero-order valence-electron chi connectivity index (χ0n) is 16.8. The number of benzene rings is 3. The number of hydrogen-bond donors (Lipinski definition) is 1. The summed E-state index contributed by atoms with van der Waals surface area (Å²) in [5, 5.41) is 2.84. The van der Waals surface area contributed by atoms with Crippen LogP contribution in [-0.2, 0) is 23.1 Å². The first-order chi connectivity index (χ1) is 14.2. The molecule has 0 radical (unpaired) electrons. The van der Waals surface area contributed by atoms with E-state index in [4.69, 9.17) is 0 Å². The highest BCUT2D eigenvalue weighted by Gasteiger charge is 2.20. The predicted molar refractivity (Wildman–Crippen MR) is 116 cm³/mol. The largest absolute Gasteiger partial charge is 0.348 e. The number of halogens is 1. The van der Waals surface area contributed by atoms with Crippen molar-refractivity contribution in [3.63, 3.8) is 0 Å². The van der Waals surface area contributed by atoms with E-state index in [-0.39, 0.29) is 18.0 Å². The maximum atomic E-state index is 14.0. The summed E-state index contributed by atoms with van der Waals surface area (Å²) in [5.74, 6) is -0.736. The highest BCUT2D eigenvalue weighted by Crippen LogP contribution is 2.22. The molecule has 0 spiro atoms. The van der Waals surface area contributed by atoms with Crippen LogP contribution in [0.4, 0.5) is 10.1 Å². The van der Waals surface area contributed by atoms with Gasteiger partial charge in [-0.2, -0.15) is 0 Å². The molecule has 5 nitrogen and oxygen atoms in total. The van der Waals surface area contributed by atoms with E-state index < -0.39 is 15.8 Å². The summed E-state index contributed by atoms with van der Waals surface area (Å²) in [6, 6.07) is 20.1. The average Bonchev–Trinajstić information content (AvgIpc) is 2.72. The maximum Gasteiger partial charge on any atom is 0.251 e. The topological polar surface area (TPSA) is 66.5 Å². The van der Waals surface area contributed by atoms with Gasteiger partial charge in [0, 0.05) is 17.7 Å². The minimum absolute atomic E-state index is 0.134. The highest BCUT2D eigenvalue weighted by atomic mass is 32.2. The third-order valence-electron chi connectivity index (χ3n) is 4.66. The van der Waals surface area contributed by atoms with Crippen LogP contribution < -0.4 is 9.62 Å². The number of hydrogen-bond acceptors (Lipinski definition) is 3. The highest BCUT2D eigenvalue weighted by molar-refractivity contribution is 7.92. The van der Waals surface area contributed by atoms with Crippen LogP contribution >= 0.6 is 0 Å². The number of aryl methyl sites for hydroxylation is 1. The van der Waals surface area contributed by atoms with Gasteiger partial charge in [0.05, 0.1) is 18.5 Å². The van der Waals surface area contributed by atoms with Crippen molar-refractivity contribution in [2.45, 2.75) is 20.0 Å². The molecule has 3 aromatic rings. The Kier molecular flexibility index (Phi) is 6.52. The van der Waals surface area contributed by atoms with Crippen molar-refractivity contribution in [3.8, 4) is 0 Å². The van der Waals surface area contributed by atoms with Crippen LogP contribution in [0.1, 0.15) is 27.0 Å². The molecule has 156 valence electrons. The Hall–Kier alpha value is -3.19. The standard InChI is InChI=1S/C23H23FN2O3S/c1-17-7-9-18(10-8-17)15-25-23(27)19-11-13-21(14-12-19)26(30(2,28)29)16-20-5-3-4-6-22(20)24/h3-14H,15-16H2,1-2H3,(H,25,27).